The Balaban J connectivity index is 2.79. The van der Waals surface area contributed by atoms with Crippen LogP contribution in [-0.2, 0) is 11.0 Å². The molecule has 1 aromatic rings. The zero-order valence-corrected chi connectivity index (χ0v) is 11.0. The van der Waals surface area contributed by atoms with Gasteiger partial charge in [-0.1, -0.05) is 11.6 Å². The average molecular weight is 327 g/mol. The number of carboxylic acids is 1. The number of halogens is 4. The van der Waals surface area contributed by atoms with Gasteiger partial charge in [0.15, 0.2) is 6.10 Å². The van der Waals surface area contributed by atoms with Crippen LogP contribution in [0.2, 0.25) is 5.02 Å². The maximum atomic E-state index is 12.8. The molecular formula is C11H10ClF3N2O4. The number of nitrogens with one attached hydrogen (secondary N) is 2. The molecule has 0 spiro atoms. The number of carboxylic acid groups (broad SMARTS) is 1. The number of anilines is 1. The predicted molar refractivity (Wildman–Crippen MR) is 67.1 cm³/mol. The normalized spacial score (nSPS) is 12.6. The van der Waals surface area contributed by atoms with Crippen LogP contribution < -0.4 is 10.6 Å². The van der Waals surface area contributed by atoms with Crippen molar-refractivity contribution in [3.63, 3.8) is 0 Å². The molecule has 21 heavy (non-hydrogen) atoms. The molecule has 0 radical (unpaired) electrons. The van der Waals surface area contributed by atoms with Gasteiger partial charge in [0.25, 0.3) is 0 Å². The molecule has 6 nitrogen and oxygen atoms in total. The van der Waals surface area contributed by atoms with Crippen molar-refractivity contribution in [2.45, 2.75) is 12.3 Å². The summed E-state index contributed by atoms with van der Waals surface area (Å²) >= 11 is 5.47. The maximum absolute atomic E-state index is 12.8. The van der Waals surface area contributed by atoms with Crippen molar-refractivity contribution in [1.29, 1.82) is 0 Å². The van der Waals surface area contributed by atoms with E-state index in [1.807, 2.05) is 10.6 Å². The Morgan fingerprint density at radius 3 is 2.48 bits per heavy atom. The second-order valence-corrected chi connectivity index (χ2v) is 4.31. The van der Waals surface area contributed by atoms with Gasteiger partial charge in [0.1, 0.15) is 0 Å². The average Bonchev–Trinajstić information content (AvgIpc) is 2.36. The summed E-state index contributed by atoms with van der Waals surface area (Å²) in [6.07, 6.45) is -6.59. The van der Waals surface area contributed by atoms with E-state index in [4.69, 9.17) is 21.8 Å². The number of aliphatic hydroxyl groups excluding tert-OH is 1. The largest absolute Gasteiger partial charge is 0.479 e. The van der Waals surface area contributed by atoms with Gasteiger partial charge in [0.2, 0.25) is 0 Å². The van der Waals surface area contributed by atoms with Gasteiger partial charge in [0.05, 0.1) is 17.8 Å². The Labute approximate surface area is 121 Å². The molecule has 4 N–H and O–H groups in total. The first-order valence-electron chi connectivity index (χ1n) is 5.43. The third-order valence-electron chi connectivity index (χ3n) is 2.28. The number of alkyl halides is 3. The molecule has 116 valence electrons. The SMILES string of the molecule is O=C(NCC(O)C(=O)O)Nc1ccc(Cl)cc1C(F)(F)F. The van der Waals surface area contributed by atoms with Gasteiger partial charge in [-0.3, -0.25) is 0 Å². The zero-order chi connectivity index (χ0) is 16.2. The van der Waals surface area contributed by atoms with Crippen LogP contribution in [0.15, 0.2) is 18.2 Å². The molecule has 0 aliphatic heterocycles. The summed E-state index contributed by atoms with van der Waals surface area (Å²) in [5, 5.41) is 21.0. The fourth-order valence-corrected chi connectivity index (χ4v) is 1.48. The van der Waals surface area contributed by atoms with Crippen LogP contribution in [0.3, 0.4) is 0 Å². The van der Waals surface area contributed by atoms with E-state index >= 15 is 0 Å². The highest BCUT2D eigenvalue weighted by Gasteiger charge is 2.34. The lowest BCUT2D eigenvalue weighted by Crippen LogP contribution is -2.39. The molecule has 1 atom stereocenters. The molecule has 10 heteroatoms. The zero-order valence-electron chi connectivity index (χ0n) is 10.2. The molecule has 2 amide bonds. The number of aliphatic hydroxyl groups is 1. The van der Waals surface area contributed by atoms with Gasteiger partial charge < -0.3 is 20.8 Å². The number of aliphatic carboxylic acids is 1. The molecule has 0 bridgehead atoms. The number of amides is 2. The highest BCUT2D eigenvalue weighted by molar-refractivity contribution is 6.30. The summed E-state index contributed by atoms with van der Waals surface area (Å²) in [5.41, 5.74) is -1.70. The monoisotopic (exact) mass is 326 g/mol. The number of hydrogen-bond donors (Lipinski definition) is 4. The van der Waals surface area contributed by atoms with Gasteiger partial charge in [-0.25, -0.2) is 9.59 Å². The molecule has 0 fully saturated rings. The Morgan fingerprint density at radius 1 is 1.33 bits per heavy atom. The number of hydrogen-bond acceptors (Lipinski definition) is 3. The van der Waals surface area contributed by atoms with Gasteiger partial charge in [0, 0.05) is 5.02 Å². The minimum absolute atomic E-state index is 0.158. The van der Waals surface area contributed by atoms with E-state index < -0.39 is 42.1 Å². The molecule has 0 saturated heterocycles. The molecule has 0 heterocycles. The minimum Gasteiger partial charge on any atom is -0.479 e. The van der Waals surface area contributed by atoms with Crippen LogP contribution in [0.5, 0.6) is 0 Å². The highest BCUT2D eigenvalue weighted by Crippen LogP contribution is 2.36. The first-order chi connectivity index (χ1) is 9.61. The lowest BCUT2D eigenvalue weighted by molar-refractivity contribution is -0.146. The van der Waals surface area contributed by atoms with Crippen LogP contribution in [0.4, 0.5) is 23.7 Å². The molecule has 1 rings (SSSR count). The lowest BCUT2D eigenvalue weighted by Gasteiger charge is -2.15. The Morgan fingerprint density at radius 2 is 1.95 bits per heavy atom. The molecule has 0 saturated carbocycles. The van der Waals surface area contributed by atoms with E-state index in [1.54, 1.807) is 0 Å². The quantitative estimate of drug-likeness (QED) is 0.679. The molecule has 0 aliphatic rings. The third-order valence-corrected chi connectivity index (χ3v) is 2.51. The number of carbonyl (C=O) groups excluding carboxylic acids is 1. The summed E-state index contributed by atoms with van der Waals surface area (Å²) in [6, 6.07) is 1.66. The lowest BCUT2D eigenvalue weighted by atomic mass is 10.1. The Kier molecular flexibility index (Phi) is 5.39. The van der Waals surface area contributed by atoms with Crippen LogP contribution in [-0.4, -0.2) is 34.9 Å². The fourth-order valence-electron chi connectivity index (χ4n) is 1.30. The van der Waals surface area contributed by atoms with Gasteiger partial charge >= 0.3 is 18.2 Å². The van der Waals surface area contributed by atoms with Crippen LogP contribution in [0, 0.1) is 0 Å². The minimum atomic E-state index is -4.73. The first-order valence-corrected chi connectivity index (χ1v) is 5.81. The molecular weight excluding hydrogens is 317 g/mol. The van der Waals surface area contributed by atoms with Crippen molar-refractivity contribution in [2.75, 3.05) is 11.9 Å². The number of benzene rings is 1. The first kappa shape index (κ1) is 17.1. The van der Waals surface area contributed by atoms with E-state index in [1.165, 1.54) is 0 Å². The van der Waals surface area contributed by atoms with Crippen molar-refractivity contribution in [3.05, 3.63) is 28.8 Å². The smallest absolute Gasteiger partial charge is 0.418 e. The Hall–Kier alpha value is -2.00. The highest BCUT2D eigenvalue weighted by atomic mass is 35.5. The summed E-state index contributed by atoms with van der Waals surface area (Å²) in [7, 11) is 0. The second kappa shape index (κ2) is 6.64. The van der Waals surface area contributed by atoms with Crippen LogP contribution in [0.25, 0.3) is 0 Å². The standard InChI is InChI=1S/C11H10ClF3N2O4/c12-5-1-2-7(6(3-5)11(13,14)15)17-10(21)16-4-8(18)9(19)20/h1-3,8,18H,4H2,(H,19,20)(H2,16,17,21). The third kappa shape index (κ3) is 5.12. The van der Waals surface area contributed by atoms with Crippen molar-refractivity contribution in [1.82, 2.24) is 5.32 Å². The predicted octanol–water partition coefficient (Wildman–Crippen LogP) is 1.93. The molecule has 0 aromatic heterocycles. The van der Waals surface area contributed by atoms with Crippen molar-refractivity contribution in [2.24, 2.45) is 0 Å². The van der Waals surface area contributed by atoms with Gasteiger partial charge in [-0.15, -0.1) is 0 Å². The topological polar surface area (TPSA) is 98.7 Å². The van der Waals surface area contributed by atoms with Gasteiger partial charge in [-0.2, -0.15) is 13.2 Å². The van der Waals surface area contributed by atoms with E-state index in [9.17, 15) is 22.8 Å². The number of rotatable bonds is 4. The summed E-state index contributed by atoms with van der Waals surface area (Å²) in [5.74, 6) is -1.57. The maximum Gasteiger partial charge on any atom is 0.418 e. The van der Waals surface area contributed by atoms with E-state index in [-0.39, 0.29) is 5.02 Å². The van der Waals surface area contributed by atoms with Gasteiger partial charge in [-0.05, 0) is 18.2 Å². The summed E-state index contributed by atoms with van der Waals surface area (Å²) in [4.78, 5) is 21.7. The number of carbonyl (C=O) groups is 2. The van der Waals surface area contributed by atoms with Crippen LogP contribution >= 0.6 is 11.6 Å². The molecule has 1 unspecified atom stereocenters. The Bertz CT molecular complexity index is 551. The van der Waals surface area contributed by atoms with Crippen molar-refractivity contribution >= 4 is 29.3 Å². The second-order valence-electron chi connectivity index (χ2n) is 3.88. The van der Waals surface area contributed by atoms with Crippen molar-refractivity contribution < 1.29 is 33.0 Å². The van der Waals surface area contributed by atoms with E-state index in [0.29, 0.717) is 6.07 Å². The van der Waals surface area contributed by atoms with Crippen molar-refractivity contribution in [3.8, 4) is 0 Å². The van der Waals surface area contributed by atoms with Crippen LogP contribution in [0.1, 0.15) is 5.56 Å². The van der Waals surface area contributed by atoms with E-state index in [2.05, 4.69) is 0 Å². The molecule has 0 aliphatic carbocycles. The van der Waals surface area contributed by atoms with E-state index in [0.717, 1.165) is 12.1 Å². The summed E-state index contributed by atoms with van der Waals surface area (Å²) in [6.45, 7) is -0.657. The molecule has 1 aromatic carbocycles. The fraction of sp³-hybridized carbons (Fsp3) is 0.273. The number of urea groups is 1. The summed E-state index contributed by atoms with van der Waals surface area (Å²) < 4.78 is 38.3.